The van der Waals surface area contributed by atoms with E-state index < -0.39 is 0 Å². The lowest BCUT2D eigenvalue weighted by Gasteiger charge is -2.18. The minimum atomic E-state index is 0.255. The highest BCUT2D eigenvalue weighted by molar-refractivity contribution is 5.37. The van der Waals surface area contributed by atoms with E-state index in [0.717, 1.165) is 23.6 Å². The second-order valence-corrected chi connectivity index (χ2v) is 4.73. The zero-order chi connectivity index (χ0) is 13.8. The third-order valence-electron chi connectivity index (χ3n) is 3.48. The highest BCUT2D eigenvalue weighted by Gasteiger charge is 2.13. The molecule has 0 bridgehead atoms. The summed E-state index contributed by atoms with van der Waals surface area (Å²) in [5.41, 5.74) is 2.41. The maximum atomic E-state index is 5.30. The fourth-order valence-corrected chi connectivity index (χ4v) is 2.28. The van der Waals surface area contributed by atoms with E-state index in [0.29, 0.717) is 0 Å². The van der Waals surface area contributed by atoms with E-state index in [4.69, 9.17) is 4.74 Å². The Kier molecular flexibility index (Phi) is 4.22. The molecule has 4 heteroatoms. The van der Waals surface area contributed by atoms with E-state index in [9.17, 15) is 0 Å². The number of imidazole rings is 1. The molecule has 0 spiro atoms. The first kappa shape index (κ1) is 13.6. The van der Waals surface area contributed by atoms with Crippen LogP contribution in [0.15, 0.2) is 30.6 Å². The summed E-state index contributed by atoms with van der Waals surface area (Å²) >= 11 is 0. The van der Waals surface area contributed by atoms with E-state index >= 15 is 0 Å². The van der Waals surface area contributed by atoms with Crippen molar-refractivity contribution in [3.05, 3.63) is 47.5 Å². The van der Waals surface area contributed by atoms with Gasteiger partial charge in [0.25, 0.3) is 0 Å². The maximum Gasteiger partial charge on any atom is 0.121 e. The average molecular weight is 259 g/mol. The molecule has 4 nitrogen and oxygen atoms in total. The van der Waals surface area contributed by atoms with Crippen molar-refractivity contribution < 1.29 is 4.74 Å². The van der Waals surface area contributed by atoms with Gasteiger partial charge in [-0.25, -0.2) is 4.98 Å². The molecule has 19 heavy (non-hydrogen) atoms. The normalized spacial score (nSPS) is 12.4. The average Bonchev–Trinajstić information content (AvgIpc) is 2.81. The van der Waals surface area contributed by atoms with Gasteiger partial charge in [-0.1, -0.05) is 12.1 Å². The van der Waals surface area contributed by atoms with Crippen LogP contribution in [-0.4, -0.2) is 23.7 Å². The number of rotatable bonds is 5. The van der Waals surface area contributed by atoms with Crippen LogP contribution < -0.4 is 10.1 Å². The van der Waals surface area contributed by atoms with Crippen molar-refractivity contribution in [3.8, 4) is 5.75 Å². The van der Waals surface area contributed by atoms with Crippen molar-refractivity contribution in [1.82, 2.24) is 14.9 Å². The third kappa shape index (κ3) is 2.96. The lowest BCUT2D eigenvalue weighted by atomic mass is 10.0. The van der Waals surface area contributed by atoms with Gasteiger partial charge in [0.15, 0.2) is 0 Å². The molecule has 1 heterocycles. The molecule has 0 fully saturated rings. The number of likely N-dealkylation sites (N-methyl/N-ethyl adjacent to an activating group) is 1. The highest BCUT2D eigenvalue weighted by atomic mass is 16.5. The predicted molar refractivity (Wildman–Crippen MR) is 76.4 cm³/mol. The molecule has 2 aromatic rings. The van der Waals surface area contributed by atoms with Gasteiger partial charge < -0.3 is 14.6 Å². The Labute approximate surface area is 114 Å². The van der Waals surface area contributed by atoms with Crippen molar-refractivity contribution in [2.24, 2.45) is 7.05 Å². The Morgan fingerprint density at radius 2 is 2.21 bits per heavy atom. The highest BCUT2D eigenvalue weighted by Crippen LogP contribution is 2.24. The minimum absolute atomic E-state index is 0.255. The first-order valence-electron chi connectivity index (χ1n) is 6.43. The summed E-state index contributed by atoms with van der Waals surface area (Å²) in [5.74, 6) is 2.00. The Hall–Kier alpha value is -1.81. The fourth-order valence-electron chi connectivity index (χ4n) is 2.28. The molecule has 0 radical (unpaired) electrons. The summed E-state index contributed by atoms with van der Waals surface area (Å²) in [6.07, 6.45) is 4.68. The second kappa shape index (κ2) is 5.89. The van der Waals surface area contributed by atoms with Crippen LogP contribution in [-0.2, 0) is 13.5 Å². The third-order valence-corrected chi connectivity index (χ3v) is 3.48. The van der Waals surface area contributed by atoms with Crippen LogP contribution in [0.2, 0.25) is 0 Å². The summed E-state index contributed by atoms with van der Waals surface area (Å²) in [7, 11) is 5.70. The van der Waals surface area contributed by atoms with E-state index in [-0.39, 0.29) is 6.04 Å². The Balaban J connectivity index is 2.22. The number of hydrogen-bond donors (Lipinski definition) is 1. The van der Waals surface area contributed by atoms with Gasteiger partial charge in [-0.05, 0) is 31.2 Å². The van der Waals surface area contributed by atoms with Crippen molar-refractivity contribution in [2.75, 3.05) is 14.2 Å². The monoisotopic (exact) mass is 259 g/mol. The summed E-state index contributed by atoms with van der Waals surface area (Å²) in [5, 5.41) is 3.35. The zero-order valence-corrected chi connectivity index (χ0v) is 12.0. The van der Waals surface area contributed by atoms with Crippen LogP contribution in [0.3, 0.4) is 0 Å². The van der Waals surface area contributed by atoms with Crippen molar-refractivity contribution in [1.29, 1.82) is 0 Å². The van der Waals surface area contributed by atoms with E-state index in [2.05, 4.69) is 33.9 Å². The molecule has 1 aromatic heterocycles. The Morgan fingerprint density at radius 3 is 2.74 bits per heavy atom. The number of aryl methyl sites for hydroxylation is 2. The first-order chi connectivity index (χ1) is 9.15. The van der Waals surface area contributed by atoms with Gasteiger partial charge in [0.05, 0.1) is 7.11 Å². The van der Waals surface area contributed by atoms with Gasteiger partial charge >= 0.3 is 0 Å². The number of nitrogens with zero attached hydrogens (tertiary/aromatic N) is 2. The van der Waals surface area contributed by atoms with Crippen molar-refractivity contribution in [2.45, 2.75) is 19.4 Å². The molecule has 102 valence electrons. The Morgan fingerprint density at radius 1 is 1.42 bits per heavy atom. The van der Waals surface area contributed by atoms with E-state index in [1.807, 2.05) is 32.6 Å². The molecular weight excluding hydrogens is 238 g/mol. The molecule has 1 N–H and O–H groups in total. The molecule has 0 saturated carbocycles. The molecular formula is C15H21N3O. The largest absolute Gasteiger partial charge is 0.496 e. The Bertz CT molecular complexity index is 548. The summed E-state index contributed by atoms with van der Waals surface area (Å²) in [6, 6.07) is 6.55. The molecule has 1 unspecified atom stereocenters. The molecule has 0 aliphatic carbocycles. The number of nitrogens with one attached hydrogen (secondary N) is 1. The first-order valence-corrected chi connectivity index (χ1v) is 6.43. The number of benzene rings is 1. The summed E-state index contributed by atoms with van der Waals surface area (Å²) in [4.78, 5) is 4.38. The van der Waals surface area contributed by atoms with Gasteiger partial charge in [0.1, 0.15) is 11.6 Å². The van der Waals surface area contributed by atoms with E-state index in [1.165, 1.54) is 5.56 Å². The zero-order valence-electron chi connectivity index (χ0n) is 12.0. The van der Waals surface area contributed by atoms with Crippen LogP contribution in [0.25, 0.3) is 0 Å². The number of methoxy groups -OCH3 is 1. The molecule has 1 atom stereocenters. The van der Waals surface area contributed by atoms with Crippen LogP contribution >= 0.6 is 0 Å². The number of aromatic nitrogens is 2. The molecule has 0 aliphatic heterocycles. The van der Waals surface area contributed by atoms with Crippen LogP contribution in [0.5, 0.6) is 5.75 Å². The molecule has 0 saturated heterocycles. The number of hydrogen-bond acceptors (Lipinski definition) is 3. The van der Waals surface area contributed by atoms with Crippen LogP contribution in [0.4, 0.5) is 0 Å². The lowest BCUT2D eigenvalue weighted by Crippen LogP contribution is -2.20. The van der Waals surface area contributed by atoms with Gasteiger partial charge in [-0.2, -0.15) is 0 Å². The standard InChI is InChI=1S/C15H21N3O/c1-11-9-12(5-6-14(11)19-4)13(16-2)10-15-17-7-8-18(15)3/h5-9,13,16H,10H2,1-4H3. The second-order valence-electron chi connectivity index (χ2n) is 4.73. The number of ether oxygens (including phenoxy) is 1. The molecule has 1 aromatic carbocycles. The molecule has 0 aliphatic rings. The van der Waals surface area contributed by atoms with Crippen LogP contribution in [0, 0.1) is 6.92 Å². The molecule has 2 rings (SSSR count). The molecule has 0 amide bonds. The maximum absolute atomic E-state index is 5.30. The summed E-state index contributed by atoms with van der Waals surface area (Å²) < 4.78 is 7.36. The predicted octanol–water partition coefficient (Wildman–Crippen LogP) is 2.24. The van der Waals surface area contributed by atoms with Gasteiger partial charge in [-0.15, -0.1) is 0 Å². The quantitative estimate of drug-likeness (QED) is 0.895. The fraction of sp³-hybridized carbons (Fsp3) is 0.400. The van der Waals surface area contributed by atoms with Gasteiger partial charge in [-0.3, -0.25) is 0 Å². The van der Waals surface area contributed by atoms with Gasteiger partial charge in [0, 0.05) is 31.9 Å². The summed E-state index contributed by atoms with van der Waals surface area (Å²) in [6.45, 7) is 2.07. The van der Waals surface area contributed by atoms with Gasteiger partial charge in [0.2, 0.25) is 0 Å². The topological polar surface area (TPSA) is 39.1 Å². The van der Waals surface area contributed by atoms with Crippen LogP contribution in [0.1, 0.15) is 23.0 Å². The van der Waals surface area contributed by atoms with Crippen molar-refractivity contribution in [3.63, 3.8) is 0 Å². The smallest absolute Gasteiger partial charge is 0.121 e. The van der Waals surface area contributed by atoms with E-state index in [1.54, 1.807) is 7.11 Å². The SMILES string of the molecule is CNC(Cc1nccn1C)c1ccc(OC)c(C)c1. The minimum Gasteiger partial charge on any atom is -0.496 e. The lowest BCUT2D eigenvalue weighted by molar-refractivity contribution is 0.411. The van der Waals surface area contributed by atoms with Crippen molar-refractivity contribution >= 4 is 0 Å².